The van der Waals surface area contributed by atoms with Crippen molar-refractivity contribution >= 4 is 27.7 Å². The van der Waals surface area contributed by atoms with E-state index in [1.54, 1.807) is 0 Å². The van der Waals surface area contributed by atoms with Crippen molar-refractivity contribution in [3.8, 4) is 6.19 Å². The van der Waals surface area contributed by atoms with Crippen LogP contribution in [0.3, 0.4) is 0 Å². The van der Waals surface area contributed by atoms with Crippen LogP contribution in [0.15, 0.2) is 47.6 Å². The number of halogens is 8. The lowest BCUT2D eigenvalue weighted by atomic mass is 9.91. The van der Waals surface area contributed by atoms with E-state index < -0.39 is 81.4 Å². The highest BCUT2D eigenvalue weighted by Crippen LogP contribution is 3.02. The van der Waals surface area contributed by atoms with Crippen LogP contribution >= 0.6 is 10.2 Å². The number of alkyl halides is 2. The summed E-state index contributed by atoms with van der Waals surface area (Å²) < 4.78 is 115. The number of ether oxygens (including phenoxy) is 1. The summed E-state index contributed by atoms with van der Waals surface area (Å²) in [6.07, 6.45) is 1.25. The number of rotatable bonds is 7. The summed E-state index contributed by atoms with van der Waals surface area (Å²) in [6, 6.07) is -2.09. The summed E-state index contributed by atoms with van der Waals surface area (Å²) in [5.41, 5.74) is -0.748. The molecule has 2 fully saturated rings. The van der Waals surface area contributed by atoms with Crippen LogP contribution in [0.1, 0.15) is 44.2 Å². The summed E-state index contributed by atoms with van der Waals surface area (Å²) in [4.78, 5) is 31.1. The monoisotopic (exact) mass is 641 g/mol. The molecule has 1 aliphatic heterocycles. The van der Waals surface area contributed by atoms with E-state index in [1.807, 2.05) is 6.19 Å². The van der Waals surface area contributed by atoms with E-state index in [1.165, 1.54) is 6.92 Å². The van der Waals surface area contributed by atoms with E-state index in [0.29, 0.717) is 17.0 Å². The highest BCUT2D eigenvalue weighted by atomic mass is 32.5. The Morgan fingerprint density at radius 3 is 2.33 bits per heavy atom. The first kappa shape index (κ1) is 32.3. The number of nitrogens with zero attached hydrogens (tertiary/aromatic N) is 4. The molecule has 0 spiro atoms. The zero-order chi connectivity index (χ0) is 31.9. The fourth-order valence-electron chi connectivity index (χ4n) is 5.14. The van der Waals surface area contributed by atoms with Gasteiger partial charge in [-0.3, -0.25) is 24.4 Å². The molecule has 1 N–H and O–H groups in total. The molecule has 43 heavy (non-hydrogen) atoms. The number of nitrogens with one attached hydrogen (secondary N) is 1. The lowest BCUT2D eigenvalue weighted by Gasteiger charge is -2.42. The molecule has 2 aromatic rings. The second-order valence-corrected chi connectivity index (χ2v) is 12.9. The molecule has 1 aliphatic carbocycles. The molecular weight excluding hydrogens is 614 g/mol. The molecule has 17 heteroatoms. The molecule has 1 unspecified atom stereocenters. The van der Waals surface area contributed by atoms with Crippen molar-refractivity contribution in [3.63, 3.8) is 0 Å². The Morgan fingerprint density at radius 2 is 1.77 bits per heavy atom. The number of carbonyl (C=O) groups excluding carboxylic acids is 2. The average molecular weight is 642 g/mol. The maximum absolute atomic E-state index is 14.3. The van der Waals surface area contributed by atoms with Gasteiger partial charge < -0.3 is 10.1 Å². The van der Waals surface area contributed by atoms with Gasteiger partial charge >= 0.3 is 10.2 Å². The smallest absolute Gasteiger partial charge is 0.310 e. The molecular formula is C26H27F8N5O3S. The van der Waals surface area contributed by atoms with E-state index in [-0.39, 0.29) is 43.7 Å². The molecule has 4 rings (SSSR count). The molecule has 236 valence electrons. The zero-order valence-corrected chi connectivity index (χ0v) is 23.4. The first-order valence-corrected chi connectivity index (χ1v) is 15.0. The van der Waals surface area contributed by atoms with Crippen molar-refractivity contribution in [2.24, 2.45) is 0 Å². The van der Waals surface area contributed by atoms with Gasteiger partial charge in [-0.05, 0) is 50.1 Å². The topological polar surface area (TPSA) is 98.6 Å². The molecule has 2 amide bonds. The molecule has 0 bridgehead atoms. The number of aromatic nitrogens is 1. The maximum Gasteiger partial charge on any atom is 0.310 e. The molecule has 1 saturated heterocycles. The quantitative estimate of drug-likeness (QED) is 0.285. The number of morpholine rings is 1. The predicted molar refractivity (Wildman–Crippen MR) is 139 cm³/mol. The second-order valence-electron chi connectivity index (χ2n) is 10.5. The van der Waals surface area contributed by atoms with Crippen LogP contribution in [-0.4, -0.2) is 59.0 Å². The fourth-order valence-corrected chi connectivity index (χ4v) is 5.79. The summed E-state index contributed by atoms with van der Waals surface area (Å²) in [5.74, 6) is -5.99. The van der Waals surface area contributed by atoms with E-state index in [2.05, 4.69) is 10.3 Å². The van der Waals surface area contributed by atoms with Crippen molar-refractivity contribution in [1.82, 2.24) is 15.2 Å². The number of carbonyl (C=O) groups is 2. The minimum absolute atomic E-state index is 0.0428. The molecule has 8 nitrogen and oxygen atoms in total. The van der Waals surface area contributed by atoms with Gasteiger partial charge in [0.05, 0.1) is 25.5 Å². The highest BCUT2D eigenvalue weighted by Gasteiger charge is 2.65. The third-order valence-electron chi connectivity index (χ3n) is 7.28. The maximum atomic E-state index is 14.3. The normalized spacial score (nSPS) is 23.3. The van der Waals surface area contributed by atoms with E-state index >= 15 is 0 Å². The van der Waals surface area contributed by atoms with Crippen LogP contribution in [0, 0.1) is 17.3 Å². The molecule has 0 radical (unpaired) electrons. The third kappa shape index (κ3) is 7.47. The Morgan fingerprint density at radius 1 is 1.14 bits per heavy atom. The Bertz CT molecular complexity index is 1410. The predicted octanol–water partition coefficient (Wildman–Crippen LogP) is 6.22. The zero-order valence-electron chi connectivity index (χ0n) is 22.5. The van der Waals surface area contributed by atoms with Crippen molar-refractivity contribution in [1.29, 1.82) is 5.26 Å². The summed E-state index contributed by atoms with van der Waals surface area (Å²) in [7, 11) is -10.1. The Balaban J connectivity index is 1.84. The molecule has 1 aromatic heterocycles. The van der Waals surface area contributed by atoms with Crippen LogP contribution < -0.4 is 10.2 Å². The van der Waals surface area contributed by atoms with E-state index in [0.717, 1.165) is 23.4 Å². The van der Waals surface area contributed by atoms with Gasteiger partial charge in [-0.2, -0.15) is 5.26 Å². The summed E-state index contributed by atoms with van der Waals surface area (Å²) in [5, 5.41) is 12.2. The molecule has 1 saturated carbocycles. The fraction of sp³-hybridized carbons (Fsp3) is 0.462. The van der Waals surface area contributed by atoms with E-state index in [9.17, 15) is 47.5 Å². The Labute approximate surface area is 241 Å². The van der Waals surface area contributed by atoms with Crippen LogP contribution in [0.5, 0.6) is 0 Å². The average Bonchev–Trinajstić information content (AvgIpc) is 2.91. The molecule has 1 aromatic carbocycles. The van der Waals surface area contributed by atoms with Crippen LogP contribution in [0.2, 0.25) is 0 Å². The second kappa shape index (κ2) is 10.8. The Hall–Kier alpha value is -3.65. The largest absolute Gasteiger partial charge is 0.374 e. The summed E-state index contributed by atoms with van der Waals surface area (Å²) in [6.45, 7) is 1.41. The molecule has 2 heterocycles. The van der Waals surface area contributed by atoms with Gasteiger partial charge in [0.25, 0.3) is 5.91 Å². The lowest BCUT2D eigenvalue weighted by Crippen LogP contribution is -2.59. The number of hydrogen-bond acceptors (Lipinski definition) is 6. The van der Waals surface area contributed by atoms with Gasteiger partial charge in [0.15, 0.2) is 6.19 Å². The van der Waals surface area contributed by atoms with Gasteiger partial charge in [-0.15, -0.1) is 0 Å². The van der Waals surface area contributed by atoms with Gasteiger partial charge in [0.1, 0.15) is 22.8 Å². The van der Waals surface area contributed by atoms with Crippen LogP contribution in [0.25, 0.3) is 0 Å². The van der Waals surface area contributed by atoms with E-state index in [4.69, 9.17) is 4.74 Å². The van der Waals surface area contributed by atoms with Crippen molar-refractivity contribution in [3.05, 3.63) is 54.1 Å². The van der Waals surface area contributed by atoms with Crippen LogP contribution in [-0.2, 0) is 14.3 Å². The van der Waals surface area contributed by atoms with Gasteiger partial charge in [0.2, 0.25) is 11.8 Å². The van der Waals surface area contributed by atoms with Crippen molar-refractivity contribution in [2.45, 2.75) is 67.7 Å². The highest BCUT2D eigenvalue weighted by molar-refractivity contribution is 8.45. The van der Waals surface area contributed by atoms with Gasteiger partial charge in [-0.25, -0.2) is 13.2 Å². The van der Waals surface area contributed by atoms with Gasteiger partial charge in [0, 0.05) is 36.3 Å². The first-order valence-electron chi connectivity index (χ1n) is 13.0. The SMILES string of the molecule is C[C@@H]1OCCN(C#N)[C@H]1C(=O)N(c1ccc(S(F)(F)(F)(F)F)cc1)C(C(=O)NC1CCC(F)(F)CC1)c1cncc(F)c1. The Kier molecular flexibility index (Phi) is 8.11. The minimum atomic E-state index is -10.1. The minimum Gasteiger partial charge on any atom is -0.374 e. The van der Waals surface area contributed by atoms with Crippen molar-refractivity contribution < 1.29 is 46.9 Å². The van der Waals surface area contributed by atoms with Crippen LogP contribution in [0.4, 0.5) is 38.3 Å². The number of pyridine rings is 1. The van der Waals surface area contributed by atoms with Gasteiger partial charge in [-0.1, -0.05) is 19.4 Å². The third-order valence-corrected chi connectivity index (χ3v) is 8.45. The molecule has 3 atom stereocenters. The number of anilines is 1. The number of nitriles is 1. The molecule has 2 aliphatic rings. The number of amides is 2. The number of benzene rings is 1. The summed E-state index contributed by atoms with van der Waals surface area (Å²) >= 11 is 0. The first-order chi connectivity index (χ1) is 19.8. The lowest BCUT2D eigenvalue weighted by molar-refractivity contribution is -0.136. The number of hydrogen-bond donors (Lipinski definition) is 1. The standard InChI is InChI=1S/C26H27F8N5O3S/c1-16-22(38(15-35)10-11-42-16)25(41)39(20-2-4-21(5-3-20)43(30,31,32,33)34)23(17-12-18(27)14-36-13-17)24(40)37-19-6-8-26(28,29)9-7-19/h2-5,12-14,16,19,22-23H,6-11H2,1H3,(H,37,40)/t16-,22+,23?/m0/s1. The van der Waals surface area contributed by atoms with Crippen molar-refractivity contribution in [2.75, 3.05) is 18.1 Å².